The smallest absolute Gasteiger partial charge is 0.229 e. The maximum absolute atomic E-state index is 9.68. The number of hydrogen-bond acceptors (Lipinski definition) is 4. The van der Waals surface area contributed by atoms with E-state index in [1.807, 2.05) is 61.5 Å². The topological polar surface area (TPSA) is 76.9 Å². The van der Waals surface area contributed by atoms with E-state index >= 15 is 0 Å². The van der Waals surface area contributed by atoms with Crippen molar-refractivity contribution < 1.29 is 4.74 Å². The minimum Gasteiger partial charge on any atom is -0.422 e. The van der Waals surface area contributed by atoms with Crippen LogP contribution in [0.3, 0.4) is 0 Å². The molecule has 1 aliphatic rings. The third-order valence-corrected chi connectivity index (χ3v) is 4.97. The summed E-state index contributed by atoms with van der Waals surface area (Å²) in [6, 6.07) is 19.8. The van der Waals surface area contributed by atoms with Crippen molar-refractivity contribution in [3.8, 4) is 17.6 Å². The van der Waals surface area contributed by atoms with Gasteiger partial charge in [0.2, 0.25) is 11.8 Å². The van der Waals surface area contributed by atoms with Crippen LogP contribution in [0.25, 0.3) is 5.69 Å². The van der Waals surface area contributed by atoms with E-state index in [4.69, 9.17) is 10.5 Å². The lowest BCUT2D eigenvalue weighted by atomic mass is 9.84. The van der Waals surface area contributed by atoms with E-state index < -0.39 is 0 Å². The monoisotopic (exact) mass is 406 g/mol. The molecule has 0 unspecified atom stereocenters. The highest BCUT2D eigenvalue weighted by Crippen LogP contribution is 2.44. The number of allylic oxidation sites excluding steroid dienone is 1. The van der Waals surface area contributed by atoms with Crippen molar-refractivity contribution in [2.75, 3.05) is 0 Å². The van der Waals surface area contributed by atoms with Crippen molar-refractivity contribution in [3.05, 3.63) is 87.3 Å². The summed E-state index contributed by atoms with van der Waals surface area (Å²) >= 11 is 3.45. The molecule has 6 heteroatoms. The van der Waals surface area contributed by atoms with Crippen LogP contribution in [0.2, 0.25) is 0 Å². The molecule has 0 saturated carbocycles. The van der Waals surface area contributed by atoms with Gasteiger partial charge >= 0.3 is 0 Å². The van der Waals surface area contributed by atoms with Crippen LogP contribution in [0.4, 0.5) is 0 Å². The standard InChI is InChI=1S/C20H15BrN4O/c1-12-17-18(13-7-9-14(21)10-8-13)16(11-22)19(23)26-20(17)25(24-12)15-5-3-2-4-6-15/h2-10,18H,23H2,1H3/t18-/m1/s1. The number of aryl methyl sites for hydroxylation is 1. The highest BCUT2D eigenvalue weighted by Gasteiger charge is 2.36. The van der Waals surface area contributed by atoms with E-state index in [1.165, 1.54) is 0 Å². The average Bonchev–Trinajstić information content (AvgIpc) is 2.98. The molecule has 26 heavy (non-hydrogen) atoms. The Morgan fingerprint density at radius 3 is 2.50 bits per heavy atom. The molecule has 0 amide bonds. The van der Waals surface area contributed by atoms with E-state index in [2.05, 4.69) is 27.1 Å². The molecule has 3 aromatic rings. The van der Waals surface area contributed by atoms with Gasteiger partial charge in [0, 0.05) is 4.47 Å². The van der Waals surface area contributed by atoms with Gasteiger partial charge in [0.05, 0.1) is 22.9 Å². The van der Waals surface area contributed by atoms with E-state index in [1.54, 1.807) is 4.68 Å². The number of aromatic nitrogens is 2. The fourth-order valence-electron chi connectivity index (χ4n) is 3.25. The predicted molar refractivity (Wildman–Crippen MR) is 102 cm³/mol. The van der Waals surface area contributed by atoms with Crippen molar-refractivity contribution in [1.29, 1.82) is 5.26 Å². The van der Waals surface area contributed by atoms with Crippen LogP contribution in [-0.2, 0) is 0 Å². The van der Waals surface area contributed by atoms with Gasteiger partial charge in [-0.3, -0.25) is 0 Å². The first-order chi connectivity index (χ1) is 12.6. The predicted octanol–water partition coefficient (Wildman–Crippen LogP) is 4.16. The molecular formula is C20H15BrN4O. The Balaban J connectivity index is 1.95. The normalized spacial score (nSPS) is 16.0. The molecule has 0 saturated heterocycles. The molecule has 5 nitrogen and oxygen atoms in total. The fraction of sp³-hybridized carbons (Fsp3) is 0.100. The molecule has 2 heterocycles. The number of para-hydroxylation sites is 1. The number of hydrogen-bond donors (Lipinski definition) is 1. The number of fused-ring (bicyclic) bond motifs is 1. The summed E-state index contributed by atoms with van der Waals surface area (Å²) in [5, 5.41) is 14.3. The Hall–Kier alpha value is -3.04. The first kappa shape index (κ1) is 16.4. The minimum absolute atomic E-state index is 0.116. The maximum Gasteiger partial charge on any atom is 0.229 e. The van der Waals surface area contributed by atoms with E-state index in [0.717, 1.165) is 27.0 Å². The van der Waals surface area contributed by atoms with Crippen LogP contribution >= 0.6 is 15.9 Å². The van der Waals surface area contributed by atoms with Gasteiger partial charge in [0.25, 0.3) is 0 Å². The first-order valence-corrected chi connectivity index (χ1v) is 8.87. The Bertz CT molecular complexity index is 1050. The molecule has 2 aromatic carbocycles. The maximum atomic E-state index is 9.68. The second kappa shape index (κ2) is 6.36. The van der Waals surface area contributed by atoms with Crippen molar-refractivity contribution >= 4 is 15.9 Å². The summed E-state index contributed by atoms with van der Waals surface area (Å²) in [7, 11) is 0. The van der Waals surface area contributed by atoms with Gasteiger partial charge in [0.1, 0.15) is 11.6 Å². The van der Waals surface area contributed by atoms with Gasteiger partial charge in [-0.15, -0.1) is 0 Å². The first-order valence-electron chi connectivity index (χ1n) is 8.08. The largest absolute Gasteiger partial charge is 0.422 e. The molecule has 4 rings (SSSR count). The number of ether oxygens (including phenoxy) is 1. The zero-order valence-corrected chi connectivity index (χ0v) is 15.6. The van der Waals surface area contributed by atoms with Gasteiger partial charge < -0.3 is 10.5 Å². The number of benzene rings is 2. The zero-order valence-electron chi connectivity index (χ0n) is 14.0. The molecule has 1 aliphatic heterocycles. The lowest BCUT2D eigenvalue weighted by Crippen LogP contribution is -2.22. The molecule has 1 atom stereocenters. The minimum atomic E-state index is -0.311. The van der Waals surface area contributed by atoms with Crippen LogP contribution in [0.1, 0.15) is 22.7 Å². The Morgan fingerprint density at radius 2 is 1.85 bits per heavy atom. The molecule has 0 fully saturated rings. The van der Waals surface area contributed by atoms with Gasteiger partial charge in [-0.2, -0.15) is 10.4 Å². The van der Waals surface area contributed by atoms with E-state index in [-0.39, 0.29) is 11.8 Å². The summed E-state index contributed by atoms with van der Waals surface area (Å²) < 4.78 is 8.55. The third-order valence-electron chi connectivity index (χ3n) is 4.44. The van der Waals surface area contributed by atoms with Gasteiger partial charge in [0.15, 0.2) is 0 Å². The van der Waals surface area contributed by atoms with Gasteiger partial charge in [-0.05, 0) is 36.8 Å². The Kier molecular flexibility index (Phi) is 4.02. The van der Waals surface area contributed by atoms with Crippen molar-refractivity contribution in [1.82, 2.24) is 9.78 Å². The average molecular weight is 407 g/mol. The fourth-order valence-corrected chi connectivity index (χ4v) is 3.51. The number of nitrogens with two attached hydrogens (primary N) is 1. The summed E-state index contributed by atoms with van der Waals surface area (Å²) in [6.07, 6.45) is 0. The number of nitriles is 1. The Morgan fingerprint density at radius 1 is 1.15 bits per heavy atom. The molecule has 128 valence electrons. The van der Waals surface area contributed by atoms with Gasteiger partial charge in [-0.1, -0.05) is 46.3 Å². The molecule has 1 aromatic heterocycles. The second-order valence-corrected chi connectivity index (χ2v) is 6.94. The molecular weight excluding hydrogens is 392 g/mol. The molecule has 0 radical (unpaired) electrons. The SMILES string of the molecule is Cc1nn(-c2ccccc2)c2c1[C@H](c1ccc(Br)cc1)C(C#N)=C(N)O2. The van der Waals surface area contributed by atoms with Crippen LogP contribution in [0, 0.1) is 18.3 Å². The Labute approximate surface area is 159 Å². The third kappa shape index (κ3) is 2.57. The highest BCUT2D eigenvalue weighted by atomic mass is 79.9. The van der Waals surface area contributed by atoms with Crippen LogP contribution in [0.5, 0.6) is 5.88 Å². The van der Waals surface area contributed by atoms with Gasteiger partial charge in [-0.25, -0.2) is 4.68 Å². The summed E-state index contributed by atoms with van der Waals surface area (Å²) in [6.45, 7) is 1.92. The van der Waals surface area contributed by atoms with Crippen LogP contribution in [0.15, 0.2) is 70.5 Å². The molecule has 0 spiro atoms. The van der Waals surface area contributed by atoms with E-state index in [9.17, 15) is 5.26 Å². The molecule has 0 aliphatic carbocycles. The zero-order chi connectivity index (χ0) is 18.3. The lowest BCUT2D eigenvalue weighted by molar-refractivity contribution is 0.367. The quantitative estimate of drug-likeness (QED) is 0.692. The molecule has 2 N–H and O–H groups in total. The van der Waals surface area contributed by atoms with E-state index in [0.29, 0.717) is 11.5 Å². The van der Waals surface area contributed by atoms with Crippen molar-refractivity contribution in [3.63, 3.8) is 0 Å². The number of nitrogens with zero attached hydrogens (tertiary/aromatic N) is 3. The van der Waals surface area contributed by atoms with Crippen LogP contribution in [-0.4, -0.2) is 9.78 Å². The van der Waals surface area contributed by atoms with Crippen molar-refractivity contribution in [2.45, 2.75) is 12.8 Å². The second-order valence-electron chi connectivity index (χ2n) is 6.03. The molecule has 0 bridgehead atoms. The summed E-state index contributed by atoms with van der Waals surface area (Å²) in [5.74, 6) is 0.359. The summed E-state index contributed by atoms with van der Waals surface area (Å²) in [5.41, 5.74) is 10.0. The summed E-state index contributed by atoms with van der Waals surface area (Å²) in [4.78, 5) is 0. The van der Waals surface area contributed by atoms with Crippen molar-refractivity contribution in [2.24, 2.45) is 5.73 Å². The van der Waals surface area contributed by atoms with Crippen LogP contribution < -0.4 is 10.5 Å². The lowest BCUT2D eigenvalue weighted by Gasteiger charge is -2.25. The highest BCUT2D eigenvalue weighted by molar-refractivity contribution is 9.10. The number of rotatable bonds is 2. The number of halogens is 1.